The number of rotatable bonds is 6. The van der Waals surface area contributed by atoms with Gasteiger partial charge >= 0.3 is 0 Å². The molecule has 0 bridgehead atoms. The van der Waals surface area contributed by atoms with Crippen molar-refractivity contribution in [1.29, 1.82) is 5.26 Å². The zero-order valence-electron chi connectivity index (χ0n) is 14.2. The number of amides is 2. The van der Waals surface area contributed by atoms with Gasteiger partial charge in [-0.25, -0.2) is 0 Å². The molecule has 0 aliphatic carbocycles. The van der Waals surface area contributed by atoms with Crippen LogP contribution >= 0.6 is 0 Å². The molecule has 0 saturated carbocycles. The number of ether oxygens (including phenoxy) is 1. The molecule has 0 aliphatic rings. The van der Waals surface area contributed by atoms with Crippen molar-refractivity contribution < 1.29 is 14.3 Å². The molecule has 0 aliphatic heterocycles. The van der Waals surface area contributed by atoms with Gasteiger partial charge in [0.1, 0.15) is 5.75 Å². The summed E-state index contributed by atoms with van der Waals surface area (Å²) in [4.78, 5) is 25.5. The highest BCUT2D eigenvalue weighted by Crippen LogP contribution is 2.21. The third kappa shape index (κ3) is 5.08. The van der Waals surface area contributed by atoms with E-state index in [2.05, 4.69) is 5.32 Å². The van der Waals surface area contributed by atoms with E-state index >= 15 is 0 Å². The van der Waals surface area contributed by atoms with Crippen LogP contribution in [0.3, 0.4) is 0 Å². The molecular formula is C19H19N3O3. The average Bonchev–Trinajstić information content (AvgIpc) is 2.62. The molecule has 2 aromatic rings. The Hall–Kier alpha value is -3.33. The highest BCUT2D eigenvalue weighted by atomic mass is 16.5. The van der Waals surface area contributed by atoms with Gasteiger partial charge in [-0.05, 0) is 36.4 Å². The van der Waals surface area contributed by atoms with E-state index in [1.165, 1.54) is 11.8 Å². The van der Waals surface area contributed by atoms with Crippen molar-refractivity contribution in [2.75, 3.05) is 23.9 Å². The molecule has 0 unspecified atom stereocenters. The van der Waals surface area contributed by atoms with Gasteiger partial charge in [0.2, 0.25) is 11.8 Å². The Kier molecular flexibility index (Phi) is 6.13. The molecular weight excluding hydrogens is 318 g/mol. The van der Waals surface area contributed by atoms with Crippen LogP contribution in [0.2, 0.25) is 0 Å². The van der Waals surface area contributed by atoms with Crippen molar-refractivity contribution in [2.45, 2.75) is 13.3 Å². The summed E-state index contributed by atoms with van der Waals surface area (Å²) >= 11 is 0. The first kappa shape index (κ1) is 18.0. The van der Waals surface area contributed by atoms with Crippen LogP contribution in [0.25, 0.3) is 0 Å². The largest absolute Gasteiger partial charge is 0.497 e. The summed E-state index contributed by atoms with van der Waals surface area (Å²) in [5, 5.41) is 11.5. The third-order valence-corrected chi connectivity index (χ3v) is 3.61. The van der Waals surface area contributed by atoms with Gasteiger partial charge in [-0.2, -0.15) is 5.26 Å². The zero-order valence-corrected chi connectivity index (χ0v) is 14.2. The normalized spacial score (nSPS) is 9.80. The summed E-state index contributed by atoms with van der Waals surface area (Å²) in [5.41, 5.74) is 1.82. The van der Waals surface area contributed by atoms with Crippen LogP contribution in [0.4, 0.5) is 11.4 Å². The monoisotopic (exact) mass is 337 g/mol. The average molecular weight is 337 g/mol. The van der Waals surface area contributed by atoms with Gasteiger partial charge in [0.05, 0.1) is 18.7 Å². The van der Waals surface area contributed by atoms with E-state index in [-0.39, 0.29) is 24.8 Å². The van der Waals surface area contributed by atoms with Crippen LogP contribution < -0.4 is 15.0 Å². The fourth-order valence-electron chi connectivity index (χ4n) is 2.31. The lowest BCUT2D eigenvalue weighted by Crippen LogP contribution is -2.31. The van der Waals surface area contributed by atoms with E-state index in [0.717, 1.165) is 0 Å². The molecule has 6 heteroatoms. The van der Waals surface area contributed by atoms with Crippen molar-refractivity contribution >= 4 is 23.2 Å². The van der Waals surface area contributed by atoms with Gasteiger partial charge in [-0.3, -0.25) is 9.59 Å². The molecule has 0 saturated heterocycles. The molecule has 25 heavy (non-hydrogen) atoms. The van der Waals surface area contributed by atoms with Crippen molar-refractivity contribution in [3.05, 3.63) is 54.1 Å². The summed E-state index contributed by atoms with van der Waals surface area (Å²) in [5.74, 6) is 0.282. The van der Waals surface area contributed by atoms with Crippen LogP contribution in [0, 0.1) is 11.3 Å². The van der Waals surface area contributed by atoms with Gasteiger partial charge < -0.3 is 15.0 Å². The lowest BCUT2D eigenvalue weighted by molar-refractivity contribution is -0.117. The smallest absolute Gasteiger partial charge is 0.226 e. The van der Waals surface area contributed by atoms with Crippen molar-refractivity contribution in [3.8, 4) is 11.8 Å². The van der Waals surface area contributed by atoms with Crippen LogP contribution in [-0.4, -0.2) is 25.5 Å². The third-order valence-electron chi connectivity index (χ3n) is 3.61. The van der Waals surface area contributed by atoms with E-state index in [9.17, 15) is 9.59 Å². The predicted octanol–water partition coefficient (Wildman–Crippen LogP) is 2.95. The highest BCUT2D eigenvalue weighted by molar-refractivity contribution is 5.94. The molecule has 2 rings (SSSR count). The Balaban J connectivity index is 1.99. The number of nitriles is 1. The maximum Gasteiger partial charge on any atom is 0.226 e. The second-order valence-corrected chi connectivity index (χ2v) is 5.36. The van der Waals surface area contributed by atoms with Crippen molar-refractivity contribution in [3.63, 3.8) is 0 Å². The van der Waals surface area contributed by atoms with Crippen molar-refractivity contribution in [2.24, 2.45) is 0 Å². The number of carbonyl (C=O) groups is 2. The van der Waals surface area contributed by atoms with Gasteiger partial charge in [-0.1, -0.05) is 6.07 Å². The summed E-state index contributed by atoms with van der Waals surface area (Å²) in [6.45, 7) is 1.71. The molecule has 128 valence electrons. The summed E-state index contributed by atoms with van der Waals surface area (Å²) in [7, 11) is 1.56. The SMILES string of the molecule is COc1cccc(N(CCC(=O)Nc2ccc(C#N)cc2)C(C)=O)c1. The number of hydrogen-bond acceptors (Lipinski definition) is 4. The van der Waals surface area contributed by atoms with Gasteiger partial charge in [-0.15, -0.1) is 0 Å². The van der Waals surface area contributed by atoms with Crippen LogP contribution in [0.5, 0.6) is 5.75 Å². The zero-order chi connectivity index (χ0) is 18.2. The van der Waals surface area contributed by atoms with E-state index < -0.39 is 0 Å². The number of carbonyl (C=O) groups excluding carboxylic acids is 2. The maximum atomic E-state index is 12.1. The molecule has 0 fully saturated rings. The molecule has 2 aromatic carbocycles. The first-order valence-electron chi connectivity index (χ1n) is 7.75. The molecule has 0 aromatic heterocycles. The Morgan fingerprint density at radius 3 is 2.52 bits per heavy atom. The summed E-state index contributed by atoms with van der Waals surface area (Å²) < 4.78 is 5.17. The Morgan fingerprint density at radius 1 is 1.20 bits per heavy atom. The molecule has 0 atom stereocenters. The fraction of sp³-hybridized carbons (Fsp3) is 0.211. The Morgan fingerprint density at radius 2 is 1.92 bits per heavy atom. The molecule has 1 N–H and O–H groups in total. The highest BCUT2D eigenvalue weighted by Gasteiger charge is 2.14. The number of methoxy groups -OCH3 is 1. The van der Waals surface area contributed by atoms with E-state index in [1.54, 1.807) is 55.6 Å². The first-order chi connectivity index (χ1) is 12.0. The van der Waals surface area contributed by atoms with E-state index in [4.69, 9.17) is 10.00 Å². The quantitative estimate of drug-likeness (QED) is 0.878. The minimum atomic E-state index is -0.209. The van der Waals surface area contributed by atoms with Gasteiger partial charge in [0, 0.05) is 37.3 Å². The minimum absolute atomic E-state index is 0.150. The molecule has 0 heterocycles. The van der Waals surface area contributed by atoms with Crippen molar-refractivity contribution in [1.82, 2.24) is 0 Å². The second kappa shape index (κ2) is 8.50. The number of hydrogen-bond donors (Lipinski definition) is 1. The minimum Gasteiger partial charge on any atom is -0.497 e. The number of anilines is 2. The standard InChI is InChI=1S/C19H19N3O3/c1-14(23)22(17-4-3-5-18(12-17)25-2)11-10-19(24)21-16-8-6-15(13-20)7-9-16/h3-9,12H,10-11H2,1-2H3,(H,21,24). The van der Waals surface area contributed by atoms with Crippen LogP contribution in [-0.2, 0) is 9.59 Å². The predicted molar refractivity (Wildman–Crippen MR) is 95.4 cm³/mol. The van der Waals surface area contributed by atoms with Crippen LogP contribution in [0.1, 0.15) is 18.9 Å². The van der Waals surface area contributed by atoms with E-state index in [0.29, 0.717) is 22.7 Å². The molecule has 0 spiro atoms. The number of benzene rings is 2. The number of nitrogens with zero attached hydrogens (tertiary/aromatic N) is 2. The summed E-state index contributed by atoms with van der Waals surface area (Å²) in [6.07, 6.45) is 0.150. The maximum absolute atomic E-state index is 12.1. The lowest BCUT2D eigenvalue weighted by atomic mass is 10.2. The molecule has 2 amide bonds. The Labute approximate surface area is 146 Å². The second-order valence-electron chi connectivity index (χ2n) is 5.36. The number of nitrogens with one attached hydrogen (secondary N) is 1. The molecule has 6 nitrogen and oxygen atoms in total. The topological polar surface area (TPSA) is 82.4 Å². The fourth-order valence-corrected chi connectivity index (χ4v) is 2.31. The first-order valence-corrected chi connectivity index (χ1v) is 7.75. The van der Waals surface area contributed by atoms with Gasteiger partial charge in [0.25, 0.3) is 0 Å². The van der Waals surface area contributed by atoms with Gasteiger partial charge in [0.15, 0.2) is 0 Å². The molecule has 0 radical (unpaired) electrons. The van der Waals surface area contributed by atoms with E-state index in [1.807, 2.05) is 6.07 Å². The Bertz CT molecular complexity index is 794. The summed E-state index contributed by atoms with van der Waals surface area (Å²) in [6, 6.07) is 15.7. The lowest BCUT2D eigenvalue weighted by Gasteiger charge is -2.21. The van der Waals surface area contributed by atoms with Crippen LogP contribution in [0.15, 0.2) is 48.5 Å².